The summed E-state index contributed by atoms with van der Waals surface area (Å²) < 4.78 is 6.19. The van der Waals surface area contributed by atoms with Crippen LogP contribution in [0.15, 0.2) is 22.7 Å². The molecule has 0 spiro atoms. The quantitative estimate of drug-likeness (QED) is 0.878. The molecule has 0 bridgehead atoms. The zero-order chi connectivity index (χ0) is 12.5. The van der Waals surface area contributed by atoms with E-state index in [0.717, 1.165) is 16.8 Å². The van der Waals surface area contributed by atoms with Crippen molar-refractivity contribution in [1.29, 1.82) is 0 Å². The van der Waals surface area contributed by atoms with Gasteiger partial charge in [-0.2, -0.15) is 0 Å². The van der Waals surface area contributed by atoms with Gasteiger partial charge in [-0.3, -0.25) is 0 Å². The minimum atomic E-state index is 0.0946. The van der Waals surface area contributed by atoms with Crippen LogP contribution in [-0.4, -0.2) is 20.7 Å². The zero-order valence-corrected chi connectivity index (χ0v) is 11.9. The largest absolute Gasteiger partial charge is 0.496 e. The molecule has 0 aliphatic heterocycles. The van der Waals surface area contributed by atoms with Gasteiger partial charge in [0.25, 0.3) is 0 Å². The van der Waals surface area contributed by atoms with Gasteiger partial charge in [0.05, 0.1) is 11.6 Å². The summed E-state index contributed by atoms with van der Waals surface area (Å²) in [5.74, 6) is 0.847. The highest BCUT2D eigenvalue weighted by Gasteiger charge is 2.47. The van der Waals surface area contributed by atoms with Crippen LogP contribution < -0.4 is 15.8 Å². The molecule has 1 unspecified atom stereocenters. The van der Waals surface area contributed by atoms with E-state index in [2.05, 4.69) is 33.4 Å². The second kappa shape index (κ2) is 4.96. The molecule has 3 N–H and O–H groups in total. The molecule has 0 radical (unpaired) electrons. The molecule has 0 amide bonds. The van der Waals surface area contributed by atoms with E-state index in [1.165, 1.54) is 18.4 Å². The fourth-order valence-corrected chi connectivity index (χ4v) is 2.90. The molecule has 0 heterocycles. The van der Waals surface area contributed by atoms with E-state index in [1.54, 1.807) is 7.11 Å². The highest BCUT2D eigenvalue weighted by molar-refractivity contribution is 9.10. The third-order valence-corrected chi connectivity index (χ3v) is 4.24. The van der Waals surface area contributed by atoms with Crippen molar-refractivity contribution in [3.63, 3.8) is 0 Å². The Morgan fingerprint density at radius 1 is 1.53 bits per heavy atom. The predicted octanol–water partition coefficient (Wildman–Crippen LogP) is 2.46. The van der Waals surface area contributed by atoms with Gasteiger partial charge < -0.3 is 15.8 Å². The Labute approximate surface area is 111 Å². The third-order valence-electron chi connectivity index (χ3n) is 3.62. The minimum absolute atomic E-state index is 0.0946. The predicted molar refractivity (Wildman–Crippen MR) is 73.2 cm³/mol. The molecule has 1 saturated carbocycles. The van der Waals surface area contributed by atoms with Gasteiger partial charge in [-0.05, 0) is 53.5 Å². The lowest BCUT2D eigenvalue weighted by atomic mass is 9.90. The normalized spacial score (nSPS) is 18.8. The topological polar surface area (TPSA) is 47.3 Å². The molecule has 1 atom stereocenters. The first-order valence-electron chi connectivity index (χ1n) is 5.86. The van der Waals surface area contributed by atoms with Crippen LogP contribution in [0.2, 0.25) is 0 Å². The molecule has 4 heteroatoms. The lowest BCUT2D eigenvalue weighted by molar-refractivity contribution is 0.390. The Morgan fingerprint density at radius 2 is 2.24 bits per heavy atom. The van der Waals surface area contributed by atoms with Crippen molar-refractivity contribution < 1.29 is 4.74 Å². The van der Waals surface area contributed by atoms with E-state index < -0.39 is 0 Å². The Morgan fingerprint density at radius 3 is 2.71 bits per heavy atom. The monoisotopic (exact) mass is 298 g/mol. The Hall–Kier alpha value is -0.580. The van der Waals surface area contributed by atoms with Gasteiger partial charge in [0, 0.05) is 18.0 Å². The zero-order valence-electron chi connectivity index (χ0n) is 10.3. The number of benzene rings is 1. The van der Waals surface area contributed by atoms with Crippen LogP contribution in [0.3, 0.4) is 0 Å². The van der Waals surface area contributed by atoms with E-state index in [1.807, 2.05) is 13.1 Å². The summed E-state index contributed by atoms with van der Waals surface area (Å²) in [6, 6.07) is 6.19. The maximum absolute atomic E-state index is 6.38. The maximum atomic E-state index is 6.38. The van der Waals surface area contributed by atoms with E-state index in [9.17, 15) is 0 Å². The Bertz CT molecular complexity index is 404. The number of halogens is 1. The van der Waals surface area contributed by atoms with Crippen LogP contribution in [0.5, 0.6) is 5.75 Å². The van der Waals surface area contributed by atoms with Crippen molar-refractivity contribution in [2.45, 2.75) is 18.9 Å². The van der Waals surface area contributed by atoms with E-state index in [4.69, 9.17) is 10.5 Å². The van der Waals surface area contributed by atoms with Crippen molar-refractivity contribution in [3.05, 3.63) is 28.2 Å². The van der Waals surface area contributed by atoms with Crippen molar-refractivity contribution in [3.8, 4) is 5.75 Å². The van der Waals surface area contributed by atoms with Gasteiger partial charge in [0.1, 0.15) is 5.75 Å². The number of nitrogens with one attached hydrogen (secondary N) is 1. The molecule has 1 aliphatic carbocycles. The van der Waals surface area contributed by atoms with Gasteiger partial charge >= 0.3 is 0 Å². The summed E-state index contributed by atoms with van der Waals surface area (Å²) in [5, 5.41) is 3.24. The number of hydrogen-bond donors (Lipinski definition) is 2. The smallest absolute Gasteiger partial charge is 0.133 e. The number of rotatable bonds is 5. The standard InChI is InChI=1S/C13H19BrN2O/c1-16-8-13(5-6-13)12(15)9-3-4-11(17-2)10(14)7-9/h3-4,7,12,16H,5-6,8,15H2,1-2H3. The number of ether oxygens (including phenoxy) is 1. The number of methoxy groups -OCH3 is 1. The molecule has 94 valence electrons. The Kier molecular flexibility index (Phi) is 3.76. The molecule has 17 heavy (non-hydrogen) atoms. The van der Waals surface area contributed by atoms with Gasteiger partial charge in [-0.15, -0.1) is 0 Å². The molecular weight excluding hydrogens is 280 g/mol. The first-order chi connectivity index (χ1) is 8.13. The lowest BCUT2D eigenvalue weighted by Crippen LogP contribution is -2.31. The first-order valence-corrected chi connectivity index (χ1v) is 6.66. The summed E-state index contributed by atoms with van der Waals surface area (Å²) in [4.78, 5) is 0. The minimum Gasteiger partial charge on any atom is -0.496 e. The van der Waals surface area contributed by atoms with Crippen LogP contribution in [0.1, 0.15) is 24.4 Å². The fourth-order valence-electron chi connectivity index (χ4n) is 2.34. The highest BCUT2D eigenvalue weighted by Crippen LogP contribution is 2.53. The molecule has 2 rings (SSSR count). The average Bonchev–Trinajstić information content (AvgIpc) is 3.09. The van der Waals surface area contributed by atoms with Crippen LogP contribution in [-0.2, 0) is 0 Å². The molecule has 1 aromatic carbocycles. The molecule has 0 aromatic heterocycles. The molecule has 1 aliphatic rings. The average molecular weight is 299 g/mol. The van der Waals surface area contributed by atoms with E-state index >= 15 is 0 Å². The summed E-state index contributed by atoms with van der Waals surface area (Å²) in [5.41, 5.74) is 7.80. The van der Waals surface area contributed by atoms with Crippen molar-refractivity contribution in [1.82, 2.24) is 5.32 Å². The van der Waals surface area contributed by atoms with Crippen LogP contribution in [0, 0.1) is 5.41 Å². The SMILES string of the molecule is CNCC1(C(N)c2ccc(OC)c(Br)c2)CC1. The van der Waals surface area contributed by atoms with Crippen LogP contribution >= 0.6 is 15.9 Å². The van der Waals surface area contributed by atoms with E-state index in [-0.39, 0.29) is 11.5 Å². The maximum Gasteiger partial charge on any atom is 0.133 e. The number of hydrogen-bond acceptors (Lipinski definition) is 3. The molecule has 1 fully saturated rings. The molecule has 1 aromatic rings. The summed E-state index contributed by atoms with van der Waals surface area (Å²) in [6.45, 7) is 0.984. The van der Waals surface area contributed by atoms with Crippen molar-refractivity contribution >= 4 is 15.9 Å². The Balaban J connectivity index is 2.20. The fraction of sp³-hybridized carbons (Fsp3) is 0.538. The number of nitrogens with two attached hydrogens (primary N) is 1. The van der Waals surface area contributed by atoms with Crippen LogP contribution in [0.4, 0.5) is 0 Å². The third kappa shape index (κ3) is 2.49. The van der Waals surface area contributed by atoms with Gasteiger partial charge in [-0.25, -0.2) is 0 Å². The molecule has 3 nitrogen and oxygen atoms in total. The summed E-state index contributed by atoms with van der Waals surface area (Å²) >= 11 is 3.51. The van der Waals surface area contributed by atoms with Crippen molar-refractivity contribution in [2.75, 3.05) is 20.7 Å². The molecular formula is C13H19BrN2O. The summed E-state index contributed by atoms with van der Waals surface area (Å²) in [7, 11) is 3.65. The van der Waals surface area contributed by atoms with E-state index in [0.29, 0.717) is 0 Å². The lowest BCUT2D eigenvalue weighted by Gasteiger charge is -2.24. The van der Waals surface area contributed by atoms with Gasteiger partial charge in [0.15, 0.2) is 0 Å². The van der Waals surface area contributed by atoms with Crippen molar-refractivity contribution in [2.24, 2.45) is 11.1 Å². The second-order valence-electron chi connectivity index (χ2n) is 4.76. The van der Waals surface area contributed by atoms with Gasteiger partial charge in [-0.1, -0.05) is 6.07 Å². The highest BCUT2D eigenvalue weighted by atomic mass is 79.9. The second-order valence-corrected chi connectivity index (χ2v) is 5.62. The molecule has 0 saturated heterocycles. The first kappa shape index (κ1) is 12.9. The van der Waals surface area contributed by atoms with Gasteiger partial charge in [0.2, 0.25) is 0 Å². The van der Waals surface area contributed by atoms with Crippen LogP contribution in [0.25, 0.3) is 0 Å². The summed E-state index contributed by atoms with van der Waals surface area (Å²) in [6.07, 6.45) is 2.41.